The van der Waals surface area contributed by atoms with Gasteiger partial charge >= 0.3 is 0 Å². The van der Waals surface area contributed by atoms with Crippen LogP contribution in [0.1, 0.15) is 32.1 Å². The summed E-state index contributed by atoms with van der Waals surface area (Å²) < 4.78 is 18.2. The molecule has 5 nitrogen and oxygen atoms in total. The lowest BCUT2D eigenvalue weighted by Crippen LogP contribution is -2.37. The van der Waals surface area contributed by atoms with E-state index in [-0.39, 0.29) is 6.42 Å². The van der Waals surface area contributed by atoms with Crippen LogP contribution < -0.4 is 10.2 Å². The van der Waals surface area contributed by atoms with E-state index in [1.54, 1.807) is 29.7 Å². The molecule has 0 bridgehead atoms. The lowest BCUT2D eigenvalue weighted by molar-refractivity contribution is -0.129. The molecule has 1 saturated carbocycles. The van der Waals surface area contributed by atoms with Gasteiger partial charge < -0.3 is 4.74 Å². The highest BCUT2D eigenvalue weighted by Gasteiger charge is 2.42. The van der Waals surface area contributed by atoms with Crippen LogP contribution >= 0.6 is 0 Å². The van der Waals surface area contributed by atoms with Gasteiger partial charge in [0.05, 0.1) is 15.5 Å². The number of hydroxylamine groups is 1. The molecular formula is C19H21NO4S. The summed E-state index contributed by atoms with van der Waals surface area (Å²) >= 11 is 0. The third kappa shape index (κ3) is 4.08. The second-order valence-electron chi connectivity index (χ2n) is 6.26. The summed E-state index contributed by atoms with van der Waals surface area (Å²) in [5.41, 5.74) is 1.67. The predicted molar refractivity (Wildman–Crippen MR) is 95.1 cm³/mol. The molecule has 132 valence electrons. The minimum absolute atomic E-state index is 0.0678. The number of carbonyl (C=O) groups is 1. The normalized spacial score (nSPS) is 17.0. The first-order valence-corrected chi connectivity index (χ1v) is 9.46. The molecule has 1 amide bonds. The van der Waals surface area contributed by atoms with E-state index in [0.29, 0.717) is 10.6 Å². The minimum Gasteiger partial charge on any atom is -0.457 e. The Morgan fingerprint density at radius 3 is 2.24 bits per heavy atom. The Hall–Kier alpha value is -2.18. The number of carbonyl (C=O) groups excluding carboxylic acids is 1. The highest BCUT2D eigenvalue weighted by Crippen LogP contribution is 2.41. The molecule has 1 aliphatic carbocycles. The van der Waals surface area contributed by atoms with Gasteiger partial charge in [0.15, 0.2) is 0 Å². The van der Waals surface area contributed by atoms with E-state index in [1.165, 1.54) is 0 Å². The van der Waals surface area contributed by atoms with E-state index >= 15 is 0 Å². The number of hydrogen-bond donors (Lipinski definition) is 2. The smallest absolute Gasteiger partial charge is 0.244 e. The maximum atomic E-state index is 13.1. The quantitative estimate of drug-likeness (QED) is 0.608. The Balaban J connectivity index is 1.76. The lowest BCUT2D eigenvalue weighted by atomic mass is 10.0. The van der Waals surface area contributed by atoms with Crippen LogP contribution in [-0.2, 0) is 15.6 Å². The number of para-hydroxylation sites is 1. The Morgan fingerprint density at radius 1 is 1.04 bits per heavy atom. The van der Waals surface area contributed by atoms with Gasteiger partial charge in [0, 0.05) is 11.3 Å². The molecule has 1 atom stereocenters. The first-order chi connectivity index (χ1) is 12.1. The summed E-state index contributed by atoms with van der Waals surface area (Å²) in [6.45, 7) is 0. The predicted octanol–water partition coefficient (Wildman–Crippen LogP) is 3.79. The molecule has 6 heteroatoms. The number of rotatable bonds is 6. The minimum atomic E-state index is -1.32. The molecule has 25 heavy (non-hydrogen) atoms. The van der Waals surface area contributed by atoms with Gasteiger partial charge in [-0.15, -0.1) is 0 Å². The average Bonchev–Trinajstić information content (AvgIpc) is 3.12. The first kappa shape index (κ1) is 17.6. The van der Waals surface area contributed by atoms with Crippen LogP contribution in [0.5, 0.6) is 11.5 Å². The highest BCUT2D eigenvalue weighted by atomic mass is 32.2. The van der Waals surface area contributed by atoms with Crippen molar-refractivity contribution in [3.8, 4) is 11.5 Å². The molecular weight excluding hydrogens is 338 g/mol. The van der Waals surface area contributed by atoms with Crippen molar-refractivity contribution in [2.75, 3.05) is 0 Å². The van der Waals surface area contributed by atoms with Crippen LogP contribution in [0.4, 0.5) is 0 Å². The number of hydrogen-bond acceptors (Lipinski definition) is 4. The first-order valence-electron chi connectivity index (χ1n) is 8.31. The third-order valence-corrected chi connectivity index (χ3v) is 6.57. The molecule has 0 spiro atoms. The molecule has 2 N–H and O–H groups in total. The molecule has 3 rings (SSSR count). The number of amides is 1. The van der Waals surface area contributed by atoms with Crippen LogP contribution in [0.3, 0.4) is 0 Å². The molecule has 2 aromatic carbocycles. The van der Waals surface area contributed by atoms with Gasteiger partial charge in [-0.1, -0.05) is 31.0 Å². The highest BCUT2D eigenvalue weighted by molar-refractivity contribution is 7.86. The van der Waals surface area contributed by atoms with Crippen molar-refractivity contribution in [1.82, 2.24) is 5.48 Å². The van der Waals surface area contributed by atoms with Crippen molar-refractivity contribution in [1.29, 1.82) is 0 Å². The van der Waals surface area contributed by atoms with Crippen molar-refractivity contribution in [2.45, 2.75) is 41.7 Å². The van der Waals surface area contributed by atoms with Crippen molar-refractivity contribution in [2.24, 2.45) is 0 Å². The maximum Gasteiger partial charge on any atom is 0.244 e. The van der Waals surface area contributed by atoms with E-state index in [9.17, 15) is 9.00 Å². The van der Waals surface area contributed by atoms with E-state index in [2.05, 4.69) is 0 Å². The second kappa shape index (κ2) is 7.80. The Morgan fingerprint density at radius 2 is 1.64 bits per heavy atom. The fourth-order valence-electron chi connectivity index (χ4n) is 3.29. The monoisotopic (exact) mass is 359 g/mol. The summed E-state index contributed by atoms with van der Waals surface area (Å²) in [6, 6.07) is 16.6. The summed E-state index contributed by atoms with van der Waals surface area (Å²) in [5, 5.41) is 8.82. The van der Waals surface area contributed by atoms with Gasteiger partial charge in [-0.05, 0) is 49.2 Å². The molecule has 1 fully saturated rings. The fourth-order valence-corrected chi connectivity index (χ4v) is 5.09. The van der Waals surface area contributed by atoms with Crippen molar-refractivity contribution in [3.05, 3.63) is 54.6 Å². The maximum absolute atomic E-state index is 13.1. The number of benzene rings is 2. The van der Waals surface area contributed by atoms with Crippen LogP contribution in [0.25, 0.3) is 0 Å². The van der Waals surface area contributed by atoms with Crippen molar-refractivity contribution in [3.63, 3.8) is 0 Å². The zero-order valence-electron chi connectivity index (χ0n) is 13.8. The molecule has 0 aromatic heterocycles. The zero-order valence-corrected chi connectivity index (χ0v) is 14.6. The second-order valence-corrected chi connectivity index (χ2v) is 8.13. The van der Waals surface area contributed by atoms with Gasteiger partial charge in [-0.2, -0.15) is 0 Å². The summed E-state index contributed by atoms with van der Waals surface area (Å²) in [4.78, 5) is 12.3. The largest absolute Gasteiger partial charge is 0.457 e. The molecule has 0 aliphatic heterocycles. The van der Waals surface area contributed by atoms with E-state index in [0.717, 1.165) is 31.4 Å². The molecule has 0 heterocycles. The van der Waals surface area contributed by atoms with Crippen LogP contribution in [0.15, 0.2) is 59.5 Å². The lowest BCUT2D eigenvalue weighted by Gasteiger charge is -2.27. The standard InChI is InChI=1S/C19H21NO4S/c21-18(20-22)14-19(12-4-5-13-19)25(23)17-10-8-16(9-11-17)24-15-6-2-1-3-7-15/h1-3,6-11,22H,4-5,12-14H2,(H,20,21). The van der Waals surface area contributed by atoms with Crippen molar-refractivity contribution >= 4 is 16.7 Å². The van der Waals surface area contributed by atoms with Gasteiger partial charge in [-0.3, -0.25) is 14.2 Å². The van der Waals surface area contributed by atoms with Gasteiger partial charge in [0.25, 0.3) is 0 Å². The number of nitrogens with one attached hydrogen (secondary N) is 1. The van der Waals surface area contributed by atoms with E-state index in [4.69, 9.17) is 9.94 Å². The zero-order chi connectivity index (χ0) is 17.7. The molecule has 0 saturated heterocycles. The van der Waals surface area contributed by atoms with Crippen LogP contribution in [0, 0.1) is 0 Å². The van der Waals surface area contributed by atoms with Crippen molar-refractivity contribution < 1.29 is 18.9 Å². The van der Waals surface area contributed by atoms with Crippen LogP contribution in [0.2, 0.25) is 0 Å². The van der Waals surface area contributed by atoms with Gasteiger partial charge in [0.2, 0.25) is 5.91 Å². The van der Waals surface area contributed by atoms with Crippen LogP contribution in [-0.4, -0.2) is 20.1 Å². The summed E-state index contributed by atoms with van der Waals surface area (Å²) in [6.07, 6.45) is 3.39. The Labute approximate surface area is 149 Å². The molecule has 0 radical (unpaired) electrons. The van der Waals surface area contributed by atoms with Gasteiger partial charge in [-0.25, -0.2) is 5.48 Å². The average molecular weight is 359 g/mol. The van der Waals surface area contributed by atoms with E-state index < -0.39 is 21.5 Å². The molecule has 1 unspecified atom stereocenters. The SMILES string of the molecule is O=C(CC1(S(=O)c2ccc(Oc3ccccc3)cc2)CCCC1)NO. The number of ether oxygens (including phenoxy) is 1. The summed E-state index contributed by atoms with van der Waals surface area (Å²) in [7, 11) is -1.32. The topological polar surface area (TPSA) is 75.6 Å². The Bertz CT molecular complexity index is 740. The van der Waals surface area contributed by atoms with Gasteiger partial charge in [0.1, 0.15) is 11.5 Å². The fraction of sp³-hybridized carbons (Fsp3) is 0.316. The third-order valence-electron chi connectivity index (χ3n) is 4.53. The Kier molecular flexibility index (Phi) is 5.50. The molecule has 2 aromatic rings. The molecule has 1 aliphatic rings. The van der Waals surface area contributed by atoms with E-state index in [1.807, 2.05) is 30.3 Å². The summed E-state index contributed by atoms with van der Waals surface area (Å²) in [5.74, 6) is 0.919.